The second-order valence-electron chi connectivity index (χ2n) is 2.23. The van der Waals surface area contributed by atoms with Crippen LogP contribution in [0.4, 0.5) is 0 Å². The Morgan fingerprint density at radius 2 is 2.33 bits per heavy atom. The maximum Gasteiger partial charge on any atom is 0.265 e. The predicted octanol–water partition coefficient (Wildman–Crippen LogP) is 2.46. The van der Waals surface area contributed by atoms with E-state index in [-0.39, 0.29) is 0 Å². The minimum atomic E-state index is 0.403. The third-order valence-electron chi connectivity index (χ3n) is 1.51. The largest absolute Gasteiger partial charge is 0.431 e. The molecule has 0 saturated heterocycles. The summed E-state index contributed by atoms with van der Waals surface area (Å²) < 4.78 is 5.16. The molecule has 0 bridgehead atoms. The number of halogens is 1. The Morgan fingerprint density at radius 3 is 3.08 bits per heavy atom. The van der Waals surface area contributed by atoms with E-state index in [1.54, 1.807) is 18.2 Å². The molecule has 12 heavy (non-hydrogen) atoms. The molecule has 0 N–H and O–H groups in total. The highest BCUT2D eigenvalue weighted by Gasteiger charge is 2.06. The molecule has 0 saturated carbocycles. The Labute approximate surface area is 76.8 Å². The van der Waals surface area contributed by atoms with Crippen LogP contribution < -0.4 is 0 Å². The molecule has 58 valence electrons. The highest BCUT2D eigenvalue weighted by molar-refractivity contribution is 9.10. The Hall–Kier alpha value is -1.34. The van der Waals surface area contributed by atoms with Gasteiger partial charge in [-0.05, 0) is 12.1 Å². The Kier molecular flexibility index (Phi) is 1.59. The first-order valence-corrected chi connectivity index (χ1v) is 4.06. The minimum absolute atomic E-state index is 0.403. The molecule has 0 spiro atoms. The van der Waals surface area contributed by atoms with E-state index in [4.69, 9.17) is 9.68 Å². The molecule has 0 aliphatic carbocycles. The van der Waals surface area contributed by atoms with E-state index in [1.807, 2.05) is 6.07 Å². The molecule has 1 aromatic carbocycles. The number of hydrogen-bond donors (Lipinski definition) is 0. The van der Waals surface area contributed by atoms with Gasteiger partial charge in [0.05, 0.1) is 5.56 Å². The molecule has 0 radical (unpaired) electrons. The van der Waals surface area contributed by atoms with Crippen LogP contribution in [0.25, 0.3) is 11.1 Å². The molecule has 3 nitrogen and oxygen atoms in total. The van der Waals surface area contributed by atoms with Crippen LogP contribution in [-0.4, -0.2) is 4.98 Å². The van der Waals surface area contributed by atoms with Crippen molar-refractivity contribution in [2.24, 2.45) is 0 Å². The van der Waals surface area contributed by atoms with Gasteiger partial charge in [-0.25, -0.2) is 4.98 Å². The lowest BCUT2D eigenvalue weighted by molar-refractivity contribution is 0.570. The van der Waals surface area contributed by atoms with Crippen LogP contribution in [0.2, 0.25) is 0 Å². The van der Waals surface area contributed by atoms with E-state index < -0.39 is 0 Å². The molecular formula is C8H3BrN2O. The maximum atomic E-state index is 8.70. The van der Waals surface area contributed by atoms with Gasteiger partial charge in [0.1, 0.15) is 11.6 Å². The van der Waals surface area contributed by atoms with Crippen molar-refractivity contribution in [1.82, 2.24) is 4.98 Å². The lowest BCUT2D eigenvalue weighted by Crippen LogP contribution is -1.75. The molecule has 0 aliphatic heterocycles. The molecule has 1 heterocycles. The summed E-state index contributed by atoms with van der Waals surface area (Å²) in [5.41, 5.74) is 1.76. The van der Waals surface area contributed by atoms with E-state index in [0.717, 1.165) is 0 Å². The number of rotatable bonds is 0. The normalized spacial score (nSPS) is 10.0. The number of hydrogen-bond acceptors (Lipinski definition) is 3. The first kappa shape index (κ1) is 7.32. The SMILES string of the molecule is N#Cc1cccc2oc(Br)nc12. The number of fused-ring (bicyclic) bond motifs is 1. The topological polar surface area (TPSA) is 49.8 Å². The molecule has 2 aromatic rings. The van der Waals surface area contributed by atoms with E-state index in [1.165, 1.54) is 0 Å². The van der Waals surface area contributed by atoms with Crippen molar-refractivity contribution in [3.8, 4) is 6.07 Å². The van der Waals surface area contributed by atoms with Gasteiger partial charge >= 0.3 is 0 Å². The molecule has 1 aromatic heterocycles. The summed E-state index contributed by atoms with van der Waals surface area (Å²) in [5, 5.41) is 8.70. The van der Waals surface area contributed by atoms with Gasteiger partial charge in [-0.3, -0.25) is 0 Å². The zero-order valence-corrected chi connectivity index (χ0v) is 7.50. The molecule has 4 heteroatoms. The molecule has 0 unspecified atom stereocenters. The van der Waals surface area contributed by atoms with Gasteiger partial charge in [0.15, 0.2) is 5.58 Å². The third kappa shape index (κ3) is 0.990. The Balaban J connectivity index is 2.89. The third-order valence-corrected chi connectivity index (χ3v) is 1.85. The van der Waals surface area contributed by atoms with Crippen molar-refractivity contribution in [3.63, 3.8) is 0 Å². The lowest BCUT2D eigenvalue weighted by atomic mass is 10.2. The second-order valence-corrected chi connectivity index (χ2v) is 2.91. The van der Waals surface area contributed by atoms with Crippen LogP contribution >= 0.6 is 15.9 Å². The molecule has 0 amide bonds. The number of benzene rings is 1. The zero-order valence-electron chi connectivity index (χ0n) is 5.91. The second kappa shape index (κ2) is 2.61. The van der Waals surface area contributed by atoms with Crippen molar-refractivity contribution in [2.75, 3.05) is 0 Å². The van der Waals surface area contributed by atoms with Crippen molar-refractivity contribution in [1.29, 1.82) is 5.26 Å². The van der Waals surface area contributed by atoms with E-state index in [2.05, 4.69) is 20.9 Å². The summed E-state index contributed by atoms with van der Waals surface area (Å²) in [4.78, 5) is 4.41. The van der Waals surface area contributed by atoms with Gasteiger partial charge in [0, 0.05) is 15.9 Å². The fraction of sp³-hybridized carbons (Fsp3) is 0. The highest BCUT2D eigenvalue weighted by Crippen LogP contribution is 2.21. The van der Waals surface area contributed by atoms with Crippen molar-refractivity contribution >= 4 is 27.0 Å². The smallest absolute Gasteiger partial charge is 0.265 e. The van der Waals surface area contributed by atoms with Crippen LogP contribution in [0.5, 0.6) is 0 Å². The van der Waals surface area contributed by atoms with Crippen LogP contribution in [-0.2, 0) is 0 Å². The van der Waals surface area contributed by atoms with Gasteiger partial charge in [-0.15, -0.1) is 0 Å². The van der Waals surface area contributed by atoms with Crippen LogP contribution in [0.1, 0.15) is 5.56 Å². The summed E-state index contributed by atoms with van der Waals surface area (Å²) in [7, 11) is 0. The predicted molar refractivity (Wildman–Crippen MR) is 46.4 cm³/mol. The highest BCUT2D eigenvalue weighted by atomic mass is 79.9. The van der Waals surface area contributed by atoms with Gasteiger partial charge in [-0.1, -0.05) is 6.07 Å². The molecular weight excluding hydrogens is 220 g/mol. The van der Waals surface area contributed by atoms with Crippen molar-refractivity contribution in [3.05, 3.63) is 28.6 Å². The summed E-state index contributed by atoms with van der Waals surface area (Å²) in [6, 6.07) is 7.28. The van der Waals surface area contributed by atoms with Gasteiger partial charge < -0.3 is 4.42 Å². The standard InChI is InChI=1S/C8H3BrN2O/c9-8-11-7-5(4-10)2-1-3-6(7)12-8/h1-3H. The Bertz CT molecular complexity index is 469. The molecule has 0 atom stereocenters. The summed E-state index contributed by atoms with van der Waals surface area (Å²) in [6.45, 7) is 0. The molecule has 0 aliphatic rings. The average molecular weight is 223 g/mol. The number of aromatic nitrogens is 1. The maximum absolute atomic E-state index is 8.70. The first-order chi connectivity index (χ1) is 5.81. The fourth-order valence-electron chi connectivity index (χ4n) is 1.01. The zero-order chi connectivity index (χ0) is 8.55. The van der Waals surface area contributed by atoms with Crippen LogP contribution in [0.15, 0.2) is 27.4 Å². The average Bonchev–Trinajstić information content (AvgIpc) is 2.44. The van der Waals surface area contributed by atoms with E-state index in [0.29, 0.717) is 21.5 Å². The number of nitrogens with zero attached hydrogens (tertiary/aromatic N) is 2. The number of para-hydroxylation sites is 1. The number of oxazole rings is 1. The van der Waals surface area contributed by atoms with Gasteiger partial charge in [0.2, 0.25) is 0 Å². The minimum Gasteiger partial charge on any atom is -0.431 e. The fourth-order valence-corrected chi connectivity index (χ4v) is 1.36. The lowest BCUT2D eigenvalue weighted by Gasteiger charge is -1.86. The van der Waals surface area contributed by atoms with Crippen molar-refractivity contribution < 1.29 is 4.42 Å². The van der Waals surface area contributed by atoms with Gasteiger partial charge in [-0.2, -0.15) is 5.26 Å². The molecule has 0 fully saturated rings. The first-order valence-electron chi connectivity index (χ1n) is 3.26. The summed E-state index contributed by atoms with van der Waals surface area (Å²) >= 11 is 3.10. The van der Waals surface area contributed by atoms with Gasteiger partial charge in [0.25, 0.3) is 4.80 Å². The molecule has 2 rings (SSSR count). The summed E-state index contributed by atoms with van der Waals surface area (Å²) in [6.07, 6.45) is 0. The van der Waals surface area contributed by atoms with Crippen LogP contribution in [0, 0.1) is 11.3 Å². The number of nitriles is 1. The Morgan fingerprint density at radius 1 is 1.50 bits per heavy atom. The summed E-state index contributed by atoms with van der Waals surface area (Å²) in [5.74, 6) is 0. The van der Waals surface area contributed by atoms with E-state index >= 15 is 0 Å². The monoisotopic (exact) mass is 222 g/mol. The van der Waals surface area contributed by atoms with Crippen molar-refractivity contribution in [2.45, 2.75) is 0 Å². The quantitative estimate of drug-likeness (QED) is 0.689. The van der Waals surface area contributed by atoms with E-state index in [9.17, 15) is 0 Å². The van der Waals surface area contributed by atoms with Crippen LogP contribution in [0.3, 0.4) is 0 Å².